The highest BCUT2D eigenvalue weighted by Gasteiger charge is 2.29. The van der Waals surface area contributed by atoms with Crippen LogP contribution in [0, 0.1) is 0 Å². The Morgan fingerprint density at radius 2 is 0.427 bits per heavy atom. The van der Waals surface area contributed by atoms with Gasteiger partial charge in [-0.1, -0.05) is 218 Å². The van der Waals surface area contributed by atoms with Gasteiger partial charge in [0.2, 0.25) is 0 Å². The van der Waals surface area contributed by atoms with E-state index in [0.29, 0.717) is 0 Å². The van der Waals surface area contributed by atoms with Crippen molar-refractivity contribution in [2.24, 2.45) is 0 Å². The third kappa shape index (κ3) is 6.16. The lowest BCUT2D eigenvalue weighted by molar-refractivity contribution is 1.17. The minimum absolute atomic E-state index is 1.12. The van der Waals surface area contributed by atoms with Crippen LogP contribution in [0.1, 0.15) is 0 Å². The molecule has 75 heavy (non-hydrogen) atoms. The van der Waals surface area contributed by atoms with E-state index in [2.05, 4.69) is 287 Å². The van der Waals surface area contributed by atoms with Crippen molar-refractivity contribution >= 4 is 97.7 Å². The molecule has 0 unspecified atom stereocenters. The number of rotatable bonds is 6. The van der Waals surface area contributed by atoms with Crippen LogP contribution in [0.2, 0.25) is 0 Å². The molecule has 0 aliphatic heterocycles. The summed E-state index contributed by atoms with van der Waals surface area (Å²) in [5.41, 5.74) is 17.7. The highest BCUT2D eigenvalue weighted by Crippen LogP contribution is 2.50. The Morgan fingerprint density at radius 1 is 0.187 bits per heavy atom. The fourth-order valence-electron chi connectivity index (χ4n) is 12.8. The van der Waals surface area contributed by atoms with Crippen LogP contribution in [-0.4, -0.2) is 13.7 Å². The molecule has 0 N–H and O–H groups in total. The molecule has 0 bridgehead atoms. The van der Waals surface area contributed by atoms with Gasteiger partial charge in [0, 0.05) is 49.4 Å². The maximum atomic E-state index is 2.55. The summed E-state index contributed by atoms with van der Waals surface area (Å²) in [5.74, 6) is 0. The van der Waals surface area contributed by atoms with Crippen LogP contribution >= 0.6 is 0 Å². The number of fused-ring (bicyclic) bond motifs is 15. The van der Waals surface area contributed by atoms with Gasteiger partial charge in [0.05, 0.1) is 33.1 Å². The molecule has 0 aliphatic rings. The highest BCUT2D eigenvalue weighted by atomic mass is 15.0. The fraction of sp³-hybridized carbons (Fsp3) is 0. The van der Waals surface area contributed by atoms with Crippen LogP contribution in [0.3, 0.4) is 0 Å². The van der Waals surface area contributed by atoms with Crippen molar-refractivity contribution in [2.75, 3.05) is 0 Å². The van der Waals surface area contributed by atoms with E-state index in [1.54, 1.807) is 0 Å². The van der Waals surface area contributed by atoms with Gasteiger partial charge >= 0.3 is 0 Å². The molecule has 3 aromatic heterocycles. The van der Waals surface area contributed by atoms with Crippen molar-refractivity contribution in [3.63, 3.8) is 0 Å². The Bertz CT molecular complexity index is 4420. The molecule has 348 valence electrons. The van der Waals surface area contributed by atoms with Crippen LogP contribution in [0.5, 0.6) is 0 Å². The third-order valence-electron chi connectivity index (χ3n) is 16.0. The predicted molar refractivity (Wildman–Crippen MR) is 318 cm³/mol. The number of para-hydroxylation sites is 3. The summed E-state index contributed by atoms with van der Waals surface area (Å²) in [7, 11) is 0. The van der Waals surface area contributed by atoms with Gasteiger partial charge in [-0.15, -0.1) is 0 Å². The van der Waals surface area contributed by atoms with E-state index in [1.165, 1.54) is 131 Å². The molecule has 0 atom stereocenters. The van der Waals surface area contributed by atoms with Crippen molar-refractivity contribution in [2.45, 2.75) is 0 Å². The van der Waals surface area contributed by atoms with Gasteiger partial charge in [-0.05, 0) is 120 Å². The highest BCUT2D eigenvalue weighted by molar-refractivity contribution is 6.40. The molecule has 3 nitrogen and oxygen atoms in total. The largest absolute Gasteiger partial charge is 0.308 e. The second-order valence-electron chi connectivity index (χ2n) is 19.9. The summed E-state index contributed by atoms with van der Waals surface area (Å²) in [6.07, 6.45) is 0. The normalized spacial score (nSPS) is 12.0. The molecule has 13 aromatic carbocycles. The first-order valence-corrected chi connectivity index (χ1v) is 25.9. The lowest BCUT2D eigenvalue weighted by Crippen LogP contribution is -1.98. The van der Waals surface area contributed by atoms with E-state index in [4.69, 9.17) is 0 Å². The van der Waals surface area contributed by atoms with E-state index >= 15 is 0 Å². The summed E-state index contributed by atoms with van der Waals surface area (Å²) in [6.45, 7) is 0. The van der Waals surface area contributed by atoms with Gasteiger partial charge in [-0.2, -0.15) is 0 Å². The Labute approximate surface area is 432 Å². The van der Waals surface area contributed by atoms with Crippen molar-refractivity contribution in [1.29, 1.82) is 0 Å². The average molecular weight is 952 g/mol. The number of hydrogen-bond acceptors (Lipinski definition) is 0. The Hall–Kier alpha value is -9.96. The molecule has 3 heteroatoms. The first-order chi connectivity index (χ1) is 37.2. The monoisotopic (exact) mass is 951 g/mol. The lowest BCUT2D eigenvalue weighted by atomic mass is 9.98. The molecule has 0 amide bonds. The third-order valence-corrected chi connectivity index (χ3v) is 16.0. The van der Waals surface area contributed by atoms with Crippen LogP contribution in [0.15, 0.2) is 273 Å². The quantitative estimate of drug-likeness (QED) is 0.158. The molecular formula is C72H45N3. The minimum atomic E-state index is 1.12. The maximum absolute atomic E-state index is 2.55. The maximum Gasteiger partial charge on any atom is 0.0663 e. The van der Waals surface area contributed by atoms with Crippen LogP contribution in [-0.2, 0) is 0 Å². The van der Waals surface area contributed by atoms with Crippen LogP contribution < -0.4 is 0 Å². The first kappa shape index (κ1) is 41.6. The zero-order valence-electron chi connectivity index (χ0n) is 40.8. The molecule has 16 rings (SSSR count). The molecule has 0 saturated carbocycles. The van der Waals surface area contributed by atoms with Crippen molar-refractivity contribution in [3.05, 3.63) is 273 Å². The van der Waals surface area contributed by atoms with E-state index < -0.39 is 0 Å². The average Bonchev–Trinajstić information content (AvgIpc) is 4.14. The topological polar surface area (TPSA) is 14.8 Å². The Morgan fingerprint density at radius 3 is 0.720 bits per heavy atom. The van der Waals surface area contributed by atoms with E-state index in [9.17, 15) is 0 Å². The van der Waals surface area contributed by atoms with Gasteiger partial charge < -0.3 is 13.7 Å². The molecule has 3 heterocycles. The molecule has 16 aromatic rings. The molecule has 0 aliphatic carbocycles. The SMILES string of the molecule is c1ccc2c(-c3ccc(-n4c5ccccc5c5c4c4c6ccccc6n(-c6ccc(-c7cccc8ccccc78)cc6)c4c4c6ccccc6n(-c6ccc(-c7cccc8ccccc78)cc6)c54)cc3)cccc2c1. The molecule has 0 saturated heterocycles. The number of aromatic nitrogens is 3. The summed E-state index contributed by atoms with van der Waals surface area (Å²) >= 11 is 0. The molecule has 0 radical (unpaired) electrons. The summed E-state index contributed by atoms with van der Waals surface area (Å²) < 4.78 is 7.64. The predicted octanol–water partition coefficient (Wildman–Crippen LogP) is 19.4. The Kier molecular flexibility index (Phi) is 9.04. The second-order valence-corrected chi connectivity index (χ2v) is 19.9. The second kappa shape index (κ2) is 16.3. The van der Waals surface area contributed by atoms with Crippen molar-refractivity contribution < 1.29 is 0 Å². The molecule has 0 fully saturated rings. The first-order valence-electron chi connectivity index (χ1n) is 25.9. The summed E-state index contributed by atoms with van der Waals surface area (Å²) in [4.78, 5) is 0. The van der Waals surface area contributed by atoms with E-state index in [-0.39, 0.29) is 0 Å². The molecule has 0 spiro atoms. The standard InChI is InChI=1S/C72H45N3/c1-4-22-55-46(16-1)19-13-28-58(55)49-34-40-52(41-35-49)73-64-31-10-7-25-61(64)67-70(73)68-62-26-8-11-32-65(62)74(53-42-36-50(37-43-53)59-29-14-20-47-17-2-5-23-56(47)59)72(68)69-63-27-9-12-33-66(63)75(71(67)69)54-44-38-51(39-45-54)60-30-15-21-48-18-3-6-24-57(48)60/h1-45H. The fourth-order valence-corrected chi connectivity index (χ4v) is 12.8. The summed E-state index contributed by atoms with van der Waals surface area (Å²) in [6, 6.07) is 101. The van der Waals surface area contributed by atoms with Crippen molar-refractivity contribution in [1.82, 2.24) is 13.7 Å². The zero-order chi connectivity index (χ0) is 49.1. The smallest absolute Gasteiger partial charge is 0.0663 e. The van der Waals surface area contributed by atoms with E-state index in [0.717, 1.165) is 17.1 Å². The number of benzene rings is 13. The number of nitrogens with zero attached hydrogens (tertiary/aromatic N) is 3. The molecular weight excluding hydrogens is 907 g/mol. The Balaban J connectivity index is 1.03. The summed E-state index contributed by atoms with van der Waals surface area (Å²) in [5, 5.41) is 14.8. The van der Waals surface area contributed by atoms with Gasteiger partial charge in [0.1, 0.15) is 0 Å². The lowest BCUT2D eigenvalue weighted by Gasteiger charge is -2.15. The van der Waals surface area contributed by atoms with E-state index in [1.807, 2.05) is 0 Å². The van der Waals surface area contributed by atoms with Crippen molar-refractivity contribution in [3.8, 4) is 50.4 Å². The van der Waals surface area contributed by atoms with Crippen LogP contribution in [0.4, 0.5) is 0 Å². The van der Waals surface area contributed by atoms with Gasteiger partial charge in [-0.25, -0.2) is 0 Å². The van der Waals surface area contributed by atoms with Gasteiger partial charge in [-0.3, -0.25) is 0 Å². The van der Waals surface area contributed by atoms with Crippen LogP contribution in [0.25, 0.3) is 148 Å². The van der Waals surface area contributed by atoms with Gasteiger partial charge in [0.15, 0.2) is 0 Å². The zero-order valence-corrected chi connectivity index (χ0v) is 40.8. The number of hydrogen-bond donors (Lipinski definition) is 0. The minimum Gasteiger partial charge on any atom is -0.308 e. The van der Waals surface area contributed by atoms with Gasteiger partial charge in [0.25, 0.3) is 0 Å².